The first kappa shape index (κ1) is 18.0. The molecule has 0 fully saturated rings. The van der Waals surface area contributed by atoms with Gasteiger partial charge >= 0.3 is 5.97 Å². The highest BCUT2D eigenvalue weighted by molar-refractivity contribution is 6.35. The van der Waals surface area contributed by atoms with E-state index in [-0.39, 0.29) is 11.7 Å². The zero-order valence-corrected chi connectivity index (χ0v) is 15.8. The summed E-state index contributed by atoms with van der Waals surface area (Å²) in [5, 5.41) is 4.17. The molecule has 0 bridgehead atoms. The molecule has 0 spiro atoms. The van der Waals surface area contributed by atoms with Gasteiger partial charge in [-0.15, -0.1) is 0 Å². The van der Waals surface area contributed by atoms with E-state index in [2.05, 4.69) is 5.32 Å². The summed E-state index contributed by atoms with van der Waals surface area (Å²) in [6, 6.07) is 5.11. The molecule has 1 heterocycles. The molecule has 0 radical (unpaired) electrons. The van der Waals surface area contributed by atoms with E-state index in [1.807, 2.05) is 13.8 Å². The van der Waals surface area contributed by atoms with Gasteiger partial charge in [0.2, 0.25) is 0 Å². The van der Waals surface area contributed by atoms with Gasteiger partial charge in [-0.3, -0.25) is 4.79 Å². The van der Waals surface area contributed by atoms with Crippen LogP contribution in [0.4, 0.5) is 0 Å². The number of allylic oxidation sites excluding steroid dienone is 3. The number of esters is 1. The van der Waals surface area contributed by atoms with E-state index >= 15 is 0 Å². The van der Waals surface area contributed by atoms with Gasteiger partial charge in [0, 0.05) is 39.4 Å². The van der Waals surface area contributed by atoms with Gasteiger partial charge < -0.3 is 10.1 Å². The van der Waals surface area contributed by atoms with E-state index in [0.717, 1.165) is 12.1 Å². The molecule has 2 aliphatic rings. The van der Waals surface area contributed by atoms with E-state index in [4.69, 9.17) is 27.9 Å². The van der Waals surface area contributed by atoms with Crippen molar-refractivity contribution in [2.24, 2.45) is 5.92 Å². The van der Waals surface area contributed by atoms with Gasteiger partial charge in [0.15, 0.2) is 5.78 Å². The summed E-state index contributed by atoms with van der Waals surface area (Å²) in [5.41, 5.74) is 3.25. The standard InChI is InChI=1S/C19H19Cl2NO3/c1-9-6-14-18(15(23)7-9)17(12-5-4-11(20)8-13(12)21)16(10(2)22-14)19(24)25-3/h4-5,8-9,17,22H,6-7H2,1-3H3. The summed E-state index contributed by atoms with van der Waals surface area (Å²) in [5.74, 6) is -0.730. The molecule has 132 valence electrons. The van der Waals surface area contributed by atoms with Gasteiger partial charge in [-0.2, -0.15) is 0 Å². The summed E-state index contributed by atoms with van der Waals surface area (Å²) in [6.07, 6.45) is 1.21. The SMILES string of the molecule is COC(=O)C1=C(C)NC2=C(C(=O)CC(C)C2)C1c1ccc(Cl)cc1Cl. The molecule has 1 aliphatic heterocycles. The maximum atomic E-state index is 12.8. The molecule has 0 saturated heterocycles. The maximum Gasteiger partial charge on any atom is 0.336 e. The van der Waals surface area contributed by atoms with E-state index in [1.54, 1.807) is 18.2 Å². The highest BCUT2D eigenvalue weighted by Crippen LogP contribution is 2.45. The first-order chi connectivity index (χ1) is 11.8. The molecule has 1 aromatic rings. The van der Waals surface area contributed by atoms with E-state index < -0.39 is 11.9 Å². The maximum absolute atomic E-state index is 12.8. The van der Waals surface area contributed by atoms with Crippen molar-refractivity contribution in [2.75, 3.05) is 7.11 Å². The van der Waals surface area contributed by atoms with Crippen molar-refractivity contribution < 1.29 is 14.3 Å². The molecule has 0 amide bonds. The Balaban J connectivity index is 2.23. The number of nitrogens with one attached hydrogen (secondary N) is 1. The molecular formula is C19H19Cl2NO3. The average molecular weight is 380 g/mol. The molecular weight excluding hydrogens is 361 g/mol. The number of ketones is 1. The third kappa shape index (κ3) is 3.21. The van der Waals surface area contributed by atoms with Gasteiger partial charge in [-0.25, -0.2) is 4.79 Å². The Morgan fingerprint density at radius 1 is 1.28 bits per heavy atom. The van der Waals surface area contributed by atoms with E-state index in [0.29, 0.717) is 38.9 Å². The molecule has 1 aromatic carbocycles. The van der Waals surface area contributed by atoms with Crippen LogP contribution in [0.5, 0.6) is 0 Å². The number of rotatable bonds is 2. The number of halogens is 2. The molecule has 2 atom stereocenters. The van der Waals surface area contributed by atoms with Crippen LogP contribution in [0.3, 0.4) is 0 Å². The average Bonchev–Trinajstić information content (AvgIpc) is 2.52. The lowest BCUT2D eigenvalue weighted by Crippen LogP contribution is -2.36. The third-order valence-electron chi connectivity index (χ3n) is 4.71. The number of hydrogen-bond acceptors (Lipinski definition) is 4. The highest BCUT2D eigenvalue weighted by atomic mass is 35.5. The molecule has 1 N–H and O–H groups in total. The summed E-state index contributed by atoms with van der Waals surface area (Å²) >= 11 is 12.4. The molecule has 0 aromatic heterocycles. The van der Waals surface area contributed by atoms with Gasteiger partial charge in [-0.05, 0) is 37.0 Å². The van der Waals surface area contributed by atoms with Crippen molar-refractivity contribution in [3.05, 3.63) is 56.3 Å². The van der Waals surface area contributed by atoms with E-state index in [9.17, 15) is 9.59 Å². The van der Waals surface area contributed by atoms with Crippen LogP contribution in [0.25, 0.3) is 0 Å². The number of methoxy groups -OCH3 is 1. The van der Waals surface area contributed by atoms with Crippen LogP contribution >= 0.6 is 23.2 Å². The molecule has 6 heteroatoms. The number of carbonyl (C=O) groups excluding carboxylic acids is 2. The Morgan fingerprint density at radius 2 is 2.00 bits per heavy atom. The summed E-state index contributed by atoms with van der Waals surface area (Å²) in [4.78, 5) is 25.3. The molecule has 3 rings (SSSR count). The quantitative estimate of drug-likeness (QED) is 0.774. The fourth-order valence-corrected chi connectivity index (χ4v) is 4.18. The van der Waals surface area contributed by atoms with Gasteiger partial charge in [-0.1, -0.05) is 36.2 Å². The molecule has 25 heavy (non-hydrogen) atoms. The number of Topliss-reactive ketones (excluding diaryl/α,β-unsaturated/α-hetero) is 1. The van der Waals surface area contributed by atoms with Crippen molar-refractivity contribution in [3.63, 3.8) is 0 Å². The molecule has 1 aliphatic carbocycles. The summed E-state index contributed by atoms with van der Waals surface area (Å²) in [6.45, 7) is 3.86. The number of ether oxygens (including phenoxy) is 1. The topological polar surface area (TPSA) is 55.4 Å². The number of hydrogen-bond donors (Lipinski definition) is 1. The first-order valence-corrected chi connectivity index (χ1v) is 8.86. The largest absolute Gasteiger partial charge is 0.466 e. The normalized spacial score (nSPS) is 23.3. The highest BCUT2D eigenvalue weighted by Gasteiger charge is 2.40. The second-order valence-corrected chi connectivity index (χ2v) is 7.43. The van der Waals surface area contributed by atoms with Crippen molar-refractivity contribution in [1.82, 2.24) is 5.32 Å². The van der Waals surface area contributed by atoms with Crippen LogP contribution in [0.15, 0.2) is 40.7 Å². The number of benzene rings is 1. The zero-order chi connectivity index (χ0) is 18.3. The second kappa shape index (κ2) is 6.85. The van der Waals surface area contributed by atoms with Crippen molar-refractivity contribution in [2.45, 2.75) is 32.6 Å². The molecule has 4 nitrogen and oxygen atoms in total. The summed E-state index contributed by atoms with van der Waals surface area (Å²) in [7, 11) is 1.33. The lowest BCUT2D eigenvalue weighted by molar-refractivity contribution is -0.136. The van der Waals surface area contributed by atoms with Crippen molar-refractivity contribution in [1.29, 1.82) is 0 Å². The Kier molecular flexibility index (Phi) is 4.94. The smallest absolute Gasteiger partial charge is 0.336 e. The van der Waals surface area contributed by atoms with Gasteiger partial charge in [0.25, 0.3) is 0 Å². The third-order valence-corrected chi connectivity index (χ3v) is 5.27. The van der Waals surface area contributed by atoms with Crippen molar-refractivity contribution >= 4 is 35.0 Å². The Bertz CT molecular complexity index is 826. The Morgan fingerprint density at radius 3 is 2.64 bits per heavy atom. The van der Waals surface area contributed by atoms with Crippen LogP contribution in [0.1, 0.15) is 38.2 Å². The Labute approximate surface area is 156 Å². The molecule has 0 saturated carbocycles. The van der Waals surface area contributed by atoms with Crippen LogP contribution in [0.2, 0.25) is 10.0 Å². The lowest BCUT2D eigenvalue weighted by Gasteiger charge is -2.36. The second-order valence-electron chi connectivity index (χ2n) is 6.58. The zero-order valence-electron chi connectivity index (χ0n) is 14.3. The molecule has 2 unspecified atom stereocenters. The number of dihydropyridines is 1. The minimum Gasteiger partial charge on any atom is -0.466 e. The minimum atomic E-state index is -0.548. The predicted molar refractivity (Wildman–Crippen MR) is 97.5 cm³/mol. The Hall–Kier alpha value is -1.78. The van der Waals surface area contributed by atoms with Crippen LogP contribution in [-0.4, -0.2) is 18.9 Å². The van der Waals surface area contributed by atoms with Gasteiger partial charge in [0.05, 0.1) is 12.7 Å². The predicted octanol–water partition coefficient (Wildman–Crippen LogP) is 4.38. The lowest BCUT2D eigenvalue weighted by atomic mass is 9.73. The first-order valence-electron chi connectivity index (χ1n) is 8.10. The van der Waals surface area contributed by atoms with E-state index in [1.165, 1.54) is 7.11 Å². The minimum absolute atomic E-state index is 0.0335. The fourth-order valence-electron chi connectivity index (χ4n) is 3.66. The van der Waals surface area contributed by atoms with Crippen LogP contribution in [0, 0.1) is 5.92 Å². The fraction of sp³-hybridized carbons (Fsp3) is 0.368. The summed E-state index contributed by atoms with van der Waals surface area (Å²) < 4.78 is 4.97. The van der Waals surface area contributed by atoms with Crippen LogP contribution in [-0.2, 0) is 14.3 Å². The van der Waals surface area contributed by atoms with Crippen molar-refractivity contribution in [3.8, 4) is 0 Å². The number of carbonyl (C=O) groups is 2. The monoisotopic (exact) mass is 379 g/mol. The van der Waals surface area contributed by atoms with Gasteiger partial charge in [0.1, 0.15) is 0 Å². The van der Waals surface area contributed by atoms with Crippen LogP contribution < -0.4 is 5.32 Å².